The van der Waals surface area contributed by atoms with Crippen LogP contribution in [0, 0.1) is 6.92 Å². The lowest BCUT2D eigenvalue weighted by molar-refractivity contribution is -0.136. The van der Waals surface area contributed by atoms with E-state index in [4.69, 9.17) is 5.11 Å². The molecule has 104 valence electrons. The number of nitrogens with zero attached hydrogens (tertiary/aromatic N) is 1. The third-order valence-corrected chi connectivity index (χ3v) is 3.29. The number of carboxylic acid groups (broad SMARTS) is 1. The van der Waals surface area contributed by atoms with Crippen molar-refractivity contribution in [1.29, 1.82) is 0 Å². The van der Waals surface area contributed by atoms with E-state index >= 15 is 0 Å². The van der Waals surface area contributed by atoms with Gasteiger partial charge in [-0.25, -0.2) is 0 Å². The second-order valence-electron chi connectivity index (χ2n) is 4.77. The molecular formula is C17H19NO2. The van der Waals surface area contributed by atoms with Gasteiger partial charge in [-0.3, -0.25) is 4.79 Å². The zero-order chi connectivity index (χ0) is 14.5. The highest BCUT2D eigenvalue weighted by molar-refractivity contribution is 5.72. The third kappa shape index (κ3) is 3.18. The van der Waals surface area contributed by atoms with Crippen LogP contribution in [-0.4, -0.2) is 17.6 Å². The van der Waals surface area contributed by atoms with Gasteiger partial charge in [0.1, 0.15) is 0 Å². The van der Waals surface area contributed by atoms with Crippen molar-refractivity contribution < 1.29 is 9.90 Å². The van der Waals surface area contributed by atoms with Crippen molar-refractivity contribution in [1.82, 2.24) is 0 Å². The zero-order valence-electron chi connectivity index (χ0n) is 11.8. The van der Waals surface area contributed by atoms with Crippen molar-refractivity contribution in [2.45, 2.75) is 20.3 Å². The Morgan fingerprint density at radius 1 is 1.15 bits per heavy atom. The lowest BCUT2D eigenvalue weighted by atomic mass is 10.1. The second-order valence-corrected chi connectivity index (χ2v) is 4.77. The Morgan fingerprint density at radius 3 is 2.40 bits per heavy atom. The number of aryl methyl sites for hydroxylation is 1. The summed E-state index contributed by atoms with van der Waals surface area (Å²) < 4.78 is 0. The summed E-state index contributed by atoms with van der Waals surface area (Å²) in [6, 6.07) is 16.0. The largest absolute Gasteiger partial charge is 0.481 e. The molecule has 0 aliphatic carbocycles. The van der Waals surface area contributed by atoms with Gasteiger partial charge in [0, 0.05) is 17.9 Å². The summed E-state index contributed by atoms with van der Waals surface area (Å²) in [5.74, 6) is -0.799. The van der Waals surface area contributed by atoms with Gasteiger partial charge in [-0.1, -0.05) is 30.3 Å². The molecule has 1 N–H and O–H groups in total. The highest BCUT2D eigenvalue weighted by atomic mass is 16.4. The van der Waals surface area contributed by atoms with Crippen molar-refractivity contribution in [2.24, 2.45) is 0 Å². The van der Waals surface area contributed by atoms with Crippen LogP contribution in [0.25, 0.3) is 0 Å². The number of carbonyl (C=O) groups is 1. The fraction of sp³-hybridized carbons (Fsp3) is 0.235. The topological polar surface area (TPSA) is 40.5 Å². The number of rotatable bonds is 5. The fourth-order valence-corrected chi connectivity index (χ4v) is 2.40. The number of hydrogen-bond acceptors (Lipinski definition) is 2. The molecule has 0 saturated heterocycles. The van der Waals surface area contributed by atoms with Crippen LogP contribution < -0.4 is 4.90 Å². The summed E-state index contributed by atoms with van der Waals surface area (Å²) in [6.45, 7) is 4.99. The molecule has 20 heavy (non-hydrogen) atoms. The first-order chi connectivity index (χ1) is 9.61. The molecule has 0 aliphatic rings. The predicted octanol–water partition coefficient (Wildman–Crippen LogP) is 3.78. The van der Waals surface area contributed by atoms with Crippen molar-refractivity contribution >= 4 is 17.3 Å². The molecule has 0 unspecified atom stereocenters. The van der Waals surface area contributed by atoms with E-state index in [1.54, 1.807) is 0 Å². The average Bonchev–Trinajstić information content (AvgIpc) is 2.42. The standard InChI is InChI=1S/C17H19NO2/c1-3-18(15-7-5-4-6-8-15)16-10-9-14(11-13(16)2)12-17(19)20/h4-11H,3,12H2,1-2H3,(H,19,20). The van der Waals surface area contributed by atoms with E-state index in [1.165, 1.54) is 0 Å². The van der Waals surface area contributed by atoms with Crippen LogP contribution in [0.2, 0.25) is 0 Å². The van der Waals surface area contributed by atoms with E-state index in [9.17, 15) is 4.79 Å². The van der Waals surface area contributed by atoms with E-state index in [-0.39, 0.29) is 6.42 Å². The Hall–Kier alpha value is -2.29. The number of anilines is 2. The van der Waals surface area contributed by atoms with Gasteiger partial charge in [-0.2, -0.15) is 0 Å². The van der Waals surface area contributed by atoms with Crippen LogP contribution in [0.15, 0.2) is 48.5 Å². The third-order valence-electron chi connectivity index (χ3n) is 3.29. The molecule has 2 rings (SSSR count). The molecule has 3 heteroatoms. The van der Waals surface area contributed by atoms with Crippen LogP contribution in [0.1, 0.15) is 18.1 Å². The van der Waals surface area contributed by atoms with Crippen LogP contribution in [0.3, 0.4) is 0 Å². The van der Waals surface area contributed by atoms with Gasteiger partial charge in [-0.15, -0.1) is 0 Å². The van der Waals surface area contributed by atoms with Gasteiger partial charge in [0.15, 0.2) is 0 Å². The quantitative estimate of drug-likeness (QED) is 0.898. The summed E-state index contributed by atoms with van der Waals surface area (Å²) in [6.07, 6.45) is 0.0680. The molecule has 0 heterocycles. The van der Waals surface area contributed by atoms with Gasteiger partial charge in [-0.05, 0) is 43.2 Å². The van der Waals surface area contributed by atoms with E-state index in [0.29, 0.717) is 0 Å². The molecule has 0 radical (unpaired) electrons. The Balaban J connectivity index is 2.34. The van der Waals surface area contributed by atoms with Gasteiger partial charge in [0.2, 0.25) is 0 Å². The minimum Gasteiger partial charge on any atom is -0.481 e. The average molecular weight is 269 g/mol. The maximum absolute atomic E-state index is 10.8. The molecule has 0 saturated carbocycles. The zero-order valence-corrected chi connectivity index (χ0v) is 11.8. The Kier molecular flexibility index (Phi) is 4.41. The number of benzene rings is 2. The van der Waals surface area contributed by atoms with E-state index in [2.05, 4.69) is 24.0 Å². The number of para-hydroxylation sites is 1. The SMILES string of the molecule is CCN(c1ccccc1)c1ccc(CC(=O)O)cc1C. The van der Waals surface area contributed by atoms with Gasteiger partial charge in [0.05, 0.1) is 6.42 Å². The highest BCUT2D eigenvalue weighted by Gasteiger charge is 2.10. The Labute approximate surface area is 119 Å². The number of hydrogen-bond donors (Lipinski definition) is 1. The van der Waals surface area contributed by atoms with Crippen LogP contribution in [0.4, 0.5) is 11.4 Å². The van der Waals surface area contributed by atoms with Crippen molar-refractivity contribution in [3.05, 3.63) is 59.7 Å². The monoisotopic (exact) mass is 269 g/mol. The van der Waals surface area contributed by atoms with Crippen LogP contribution >= 0.6 is 0 Å². The highest BCUT2D eigenvalue weighted by Crippen LogP contribution is 2.28. The van der Waals surface area contributed by atoms with Crippen molar-refractivity contribution in [2.75, 3.05) is 11.4 Å². The first-order valence-corrected chi connectivity index (χ1v) is 6.75. The maximum atomic E-state index is 10.8. The molecule has 0 spiro atoms. The van der Waals surface area contributed by atoms with Gasteiger partial charge >= 0.3 is 5.97 Å². The van der Waals surface area contributed by atoms with Crippen LogP contribution in [-0.2, 0) is 11.2 Å². The molecule has 0 amide bonds. The molecule has 0 atom stereocenters. The van der Waals surface area contributed by atoms with Crippen LogP contribution in [0.5, 0.6) is 0 Å². The normalized spacial score (nSPS) is 10.3. The molecule has 0 bridgehead atoms. The summed E-state index contributed by atoms with van der Waals surface area (Å²) >= 11 is 0. The Bertz CT molecular complexity index is 593. The van der Waals surface area contributed by atoms with Gasteiger partial charge in [0.25, 0.3) is 0 Å². The smallest absolute Gasteiger partial charge is 0.307 e. The molecule has 2 aromatic rings. The molecular weight excluding hydrogens is 250 g/mol. The summed E-state index contributed by atoms with van der Waals surface area (Å²) in [7, 11) is 0. The van der Waals surface area contributed by atoms with Crippen molar-refractivity contribution in [3.63, 3.8) is 0 Å². The van der Waals surface area contributed by atoms with E-state index in [0.717, 1.165) is 29.0 Å². The minimum atomic E-state index is -0.799. The summed E-state index contributed by atoms with van der Waals surface area (Å²) in [5, 5.41) is 8.85. The fourth-order valence-electron chi connectivity index (χ4n) is 2.40. The van der Waals surface area contributed by atoms with Gasteiger partial charge < -0.3 is 10.0 Å². The lowest BCUT2D eigenvalue weighted by Crippen LogP contribution is -2.17. The number of carboxylic acids is 1. The summed E-state index contributed by atoms with van der Waals surface area (Å²) in [4.78, 5) is 13.0. The summed E-state index contributed by atoms with van der Waals surface area (Å²) in [5.41, 5.74) is 4.19. The maximum Gasteiger partial charge on any atom is 0.307 e. The first-order valence-electron chi connectivity index (χ1n) is 6.75. The van der Waals surface area contributed by atoms with Crippen molar-refractivity contribution in [3.8, 4) is 0 Å². The number of aliphatic carboxylic acids is 1. The van der Waals surface area contributed by atoms with E-state index < -0.39 is 5.97 Å². The molecule has 0 fully saturated rings. The molecule has 0 aromatic heterocycles. The second kappa shape index (κ2) is 6.24. The molecule has 2 aromatic carbocycles. The first kappa shape index (κ1) is 14.1. The van der Waals surface area contributed by atoms with E-state index in [1.807, 2.05) is 43.3 Å². The predicted molar refractivity (Wildman–Crippen MR) is 81.6 cm³/mol. The molecule has 3 nitrogen and oxygen atoms in total. The lowest BCUT2D eigenvalue weighted by Gasteiger charge is -2.25. The minimum absolute atomic E-state index is 0.0680. The molecule has 0 aliphatic heterocycles. The Morgan fingerprint density at radius 2 is 1.85 bits per heavy atom.